The van der Waals surface area contributed by atoms with Crippen molar-refractivity contribution in [1.29, 1.82) is 0 Å². The molecule has 1 fully saturated rings. The van der Waals surface area contributed by atoms with Crippen molar-refractivity contribution in [3.05, 3.63) is 48.0 Å². The predicted octanol–water partition coefficient (Wildman–Crippen LogP) is 2.49. The minimum Gasteiger partial charge on any atom is -0.497 e. The maximum absolute atomic E-state index is 12.8. The Balaban J connectivity index is 1.53. The molecule has 30 heavy (non-hydrogen) atoms. The van der Waals surface area contributed by atoms with Gasteiger partial charge in [-0.2, -0.15) is 0 Å². The number of methoxy groups -OCH3 is 3. The Hall–Kier alpha value is -2.93. The summed E-state index contributed by atoms with van der Waals surface area (Å²) in [4.78, 5) is 19.0. The van der Waals surface area contributed by atoms with Gasteiger partial charge in [0, 0.05) is 44.4 Å². The van der Waals surface area contributed by atoms with Crippen LogP contribution in [0.5, 0.6) is 17.2 Å². The van der Waals surface area contributed by atoms with Gasteiger partial charge < -0.3 is 24.0 Å². The van der Waals surface area contributed by atoms with Gasteiger partial charge in [0.15, 0.2) is 0 Å². The number of piperazine rings is 1. The molecule has 0 aliphatic carbocycles. The third-order valence-electron chi connectivity index (χ3n) is 5.40. The smallest absolute Gasteiger partial charge is 0.236 e. The van der Waals surface area contributed by atoms with Gasteiger partial charge in [0.05, 0.1) is 33.6 Å². The lowest BCUT2D eigenvalue weighted by atomic mass is 10.1. The highest BCUT2D eigenvalue weighted by Gasteiger charge is 2.23. The van der Waals surface area contributed by atoms with Gasteiger partial charge in [-0.3, -0.25) is 9.69 Å². The molecule has 1 saturated heterocycles. The molecule has 0 atom stereocenters. The van der Waals surface area contributed by atoms with Crippen LogP contribution in [0.2, 0.25) is 0 Å². The molecule has 162 valence electrons. The van der Waals surface area contributed by atoms with E-state index in [4.69, 9.17) is 14.2 Å². The summed E-state index contributed by atoms with van der Waals surface area (Å²) in [5.41, 5.74) is 2.10. The number of hydrogen-bond donors (Lipinski definition) is 0. The van der Waals surface area contributed by atoms with E-state index < -0.39 is 0 Å². The number of amides is 1. The van der Waals surface area contributed by atoms with Crippen LogP contribution in [0.15, 0.2) is 42.5 Å². The zero-order chi connectivity index (χ0) is 21.5. The number of rotatable bonds is 8. The molecule has 0 N–H and O–H groups in total. The lowest BCUT2D eigenvalue weighted by molar-refractivity contribution is -0.132. The number of carbonyl (C=O) groups is 1. The maximum atomic E-state index is 12.8. The van der Waals surface area contributed by atoms with Gasteiger partial charge in [-0.05, 0) is 25.2 Å². The topological polar surface area (TPSA) is 54.5 Å². The van der Waals surface area contributed by atoms with Gasteiger partial charge in [-0.1, -0.05) is 18.2 Å². The number of para-hydroxylation sites is 2. The molecule has 1 aliphatic rings. The predicted molar refractivity (Wildman–Crippen MR) is 118 cm³/mol. The fraction of sp³-hybridized carbons (Fsp3) is 0.435. The largest absolute Gasteiger partial charge is 0.497 e. The first-order valence-corrected chi connectivity index (χ1v) is 10.1. The molecule has 2 aromatic rings. The zero-order valence-corrected chi connectivity index (χ0v) is 18.3. The molecule has 0 radical (unpaired) electrons. The first kappa shape index (κ1) is 21.8. The summed E-state index contributed by atoms with van der Waals surface area (Å²) < 4.78 is 16.2. The molecule has 1 amide bonds. The SMILES string of the molecule is COc1ccc(CN(C)CC(=O)N2CCN(c3ccccc3OC)CC2)c(OC)c1. The summed E-state index contributed by atoms with van der Waals surface area (Å²) in [7, 11) is 6.91. The molecule has 0 bridgehead atoms. The highest BCUT2D eigenvalue weighted by Crippen LogP contribution is 2.28. The maximum Gasteiger partial charge on any atom is 0.236 e. The number of anilines is 1. The quantitative estimate of drug-likeness (QED) is 0.663. The van der Waals surface area contributed by atoms with E-state index in [-0.39, 0.29) is 5.91 Å². The van der Waals surface area contributed by atoms with Crippen LogP contribution < -0.4 is 19.1 Å². The standard InChI is InChI=1S/C23H31N3O4/c1-24(16-18-9-10-19(28-2)15-22(18)30-4)17-23(27)26-13-11-25(12-14-26)20-7-5-6-8-21(20)29-3/h5-10,15H,11-14,16-17H2,1-4H3. The van der Waals surface area contributed by atoms with E-state index >= 15 is 0 Å². The summed E-state index contributed by atoms with van der Waals surface area (Å²) in [6.07, 6.45) is 0. The van der Waals surface area contributed by atoms with Gasteiger partial charge in [-0.25, -0.2) is 0 Å². The molecule has 7 nitrogen and oxygen atoms in total. The Kier molecular flexibility index (Phi) is 7.41. The van der Waals surface area contributed by atoms with Crippen LogP contribution in [0.4, 0.5) is 5.69 Å². The van der Waals surface area contributed by atoms with Crippen molar-refractivity contribution in [3.8, 4) is 17.2 Å². The Morgan fingerprint density at radius 3 is 2.30 bits per heavy atom. The molecular formula is C23H31N3O4. The number of carbonyl (C=O) groups excluding carboxylic acids is 1. The van der Waals surface area contributed by atoms with Crippen molar-refractivity contribution >= 4 is 11.6 Å². The van der Waals surface area contributed by atoms with E-state index in [2.05, 4.69) is 11.0 Å². The van der Waals surface area contributed by atoms with Gasteiger partial charge in [0.25, 0.3) is 0 Å². The first-order chi connectivity index (χ1) is 14.5. The van der Waals surface area contributed by atoms with Gasteiger partial charge in [0.1, 0.15) is 17.2 Å². The molecule has 3 rings (SSSR count). The van der Waals surface area contributed by atoms with Gasteiger partial charge >= 0.3 is 0 Å². The van der Waals surface area contributed by atoms with Crippen LogP contribution in [0.25, 0.3) is 0 Å². The van der Waals surface area contributed by atoms with E-state index in [0.717, 1.165) is 41.6 Å². The Morgan fingerprint density at radius 2 is 1.63 bits per heavy atom. The van der Waals surface area contributed by atoms with Crippen molar-refractivity contribution in [2.24, 2.45) is 0 Å². The van der Waals surface area contributed by atoms with Crippen LogP contribution >= 0.6 is 0 Å². The lowest BCUT2D eigenvalue weighted by Crippen LogP contribution is -2.51. The summed E-state index contributed by atoms with van der Waals surface area (Å²) in [5, 5.41) is 0. The summed E-state index contributed by atoms with van der Waals surface area (Å²) in [6.45, 7) is 3.99. The molecule has 1 heterocycles. The van der Waals surface area contributed by atoms with Crippen molar-refractivity contribution in [2.45, 2.75) is 6.54 Å². The minimum absolute atomic E-state index is 0.143. The lowest BCUT2D eigenvalue weighted by Gasteiger charge is -2.37. The van der Waals surface area contributed by atoms with E-state index in [9.17, 15) is 4.79 Å². The Labute approximate surface area is 178 Å². The number of likely N-dealkylation sites (N-methyl/N-ethyl adjacent to an activating group) is 1. The van der Waals surface area contributed by atoms with E-state index in [0.29, 0.717) is 26.2 Å². The number of nitrogens with zero attached hydrogens (tertiary/aromatic N) is 3. The highest BCUT2D eigenvalue weighted by atomic mass is 16.5. The Morgan fingerprint density at radius 1 is 0.933 bits per heavy atom. The zero-order valence-electron chi connectivity index (χ0n) is 18.3. The third-order valence-corrected chi connectivity index (χ3v) is 5.40. The summed E-state index contributed by atoms with van der Waals surface area (Å²) in [5.74, 6) is 2.52. The van der Waals surface area contributed by atoms with E-state index in [1.54, 1.807) is 21.3 Å². The summed E-state index contributed by atoms with van der Waals surface area (Å²) in [6, 6.07) is 13.8. The fourth-order valence-electron chi connectivity index (χ4n) is 3.75. The second-order valence-electron chi connectivity index (χ2n) is 7.39. The molecule has 0 spiro atoms. The van der Waals surface area contributed by atoms with Gasteiger partial charge in [-0.15, -0.1) is 0 Å². The number of hydrogen-bond acceptors (Lipinski definition) is 6. The minimum atomic E-state index is 0.143. The second-order valence-corrected chi connectivity index (χ2v) is 7.39. The first-order valence-electron chi connectivity index (χ1n) is 10.1. The van der Waals surface area contributed by atoms with Crippen molar-refractivity contribution in [2.75, 3.05) is 66.0 Å². The van der Waals surface area contributed by atoms with E-state index in [1.165, 1.54) is 0 Å². The molecule has 0 aromatic heterocycles. The van der Waals surface area contributed by atoms with Crippen LogP contribution in [-0.4, -0.2) is 76.8 Å². The normalized spacial score (nSPS) is 14.0. The molecule has 0 saturated carbocycles. The average molecular weight is 414 g/mol. The van der Waals surface area contributed by atoms with Crippen molar-refractivity contribution in [3.63, 3.8) is 0 Å². The average Bonchev–Trinajstić information content (AvgIpc) is 2.79. The number of benzene rings is 2. The summed E-state index contributed by atoms with van der Waals surface area (Å²) >= 11 is 0. The fourth-order valence-corrected chi connectivity index (χ4v) is 3.75. The monoisotopic (exact) mass is 413 g/mol. The molecule has 0 unspecified atom stereocenters. The highest BCUT2D eigenvalue weighted by molar-refractivity contribution is 5.78. The van der Waals surface area contributed by atoms with Crippen molar-refractivity contribution < 1.29 is 19.0 Å². The second kappa shape index (κ2) is 10.2. The van der Waals surface area contributed by atoms with Gasteiger partial charge in [0.2, 0.25) is 5.91 Å². The number of ether oxygens (including phenoxy) is 3. The van der Waals surface area contributed by atoms with Crippen LogP contribution in [0.1, 0.15) is 5.56 Å². The van der Waals surface area contributed by atoms with E-state index in [1.807, 2.05) is 53.2 Å². The Bertz CT molecular complexity index is 850. The molecular weight excluding hydrogens is 382 g/mol. The molecule has 7 heteroatoms. The third kappa shape index (κ3) is 5.16. The van der Waals surface area contributed by atoms with Crippen LogP contribution in [0, 0.1) is 0 Å². The van der Waals surface area contributed by atoms with Crippen LogP contribution in [-0.2, 0) is 11.3 Å². The molecule has 2 aromatic carbocycles. The molecule has 1 aliphatic heterocycles. The van der Waals surface area contributed by atoms with Crippen LogP contribution in [0.3, 0.4) is 0 Å². The van der Waals surface area contributed by atoms with Crippen molar-refractivity contribution in [1.82, 2.24) is 9.80 Å².